The van der Waals surface area contributed by atoms with Crippen molar-refractivity contribution in [1.29, 1.82) is 0 Å². The predicted molar refractivity (Wildman–Crippen MR) is 130 cm³/mol. The zero-order chi connectivity index (χ0) is 25.3. The third-order valence-corrected chi connectivity index (χ3v) is 6.47. The Bertz CT molecular complexity index is 1440. The number of aromatic nitrogens is 2. The summed E-state index contributed by atoms with van der Waals surface area (Å²) in [7, 11) is 1.59. The van der Waals surface area contributed by atoms with Crippen molar-refractivity contribution in [2.75, 3.05) is 40.0 Å². The lowest BCUT2D eigenvalue weighted by atomic mass is 10.1. The maximum Gasteiger partial charge on any atom is 0.573 e. The lowest BCUT2D eigenvalue weighted by Gasteiger charge is -2.27. The fourth-order valence-corrected chi connectivity index (χ4v) is 4.80. The van der Waals surface area contributed by atoms with E-state index in [4.69, 9.17) is 9.47 Å². The highest BCUT2D eigenvalue weighted by molar-refractivity contribution is 6.09. The molecule has 0 atom stereocenters. The first kappa shape index (κ1) is 24.2. The zero-order valence-corrected chi connectivity index (χ0v) is 19.8. The number of benzene rings is 2. The Morgan fingerprint density at radius 1 is 0.972 bits per heavy atom. The summed E-state index contributed by atoms with van der Waals surface area (Å²) in [6.07, 6.45) is -3.21. The van der Waals surface area contributed by atoms with Crippen LogP contribution in [0, 0.1) is 0 Å². The molecule has 0 unspecified atom stereocenters. The van der Waals surface area contributed by atoms with Gasteiger partial charge in [-0.1, -0.05) is 30.3 Å². The number of alkyl halides is 3. The van der Waals surface area contributed by atoms with Crippen LogP contribution in [0.2, 0.25) is 0 Å². The molecule has 36 heavy (non-hydrogen) atoms. The number of hydrogen-bond acceptors (Lipinski definition) is 5. The Morgan fingerprint density at radius 3 is 2.47 bits per heavy atom. The van der Waals surface area contributed by atoms with Gasteiger partial charge in [-0.25, -0.2) is 0 Å². The second-order valence-corrected chi connectivity index (χ2v) is 8.63. The lowest BCUT2D eigenvalue weighted by molar-refractivity contribution is -0.274. The van der Waals surface area contributed by atoms with Crippen LogP contribution in [0.25, 0.3) is 21.8 Å². The smallest absolute Gasteiger partial charge is 0.495 e. The Kier molecular flexibility index (Phi) is 6.63. The van der Waals surface area contributed by atoms with Gasteiger partial charge in [0.25, 0.3) is 5.56 Å². The number of nitrogens with zero attached hydrogens (tertiary/aromatic N) is 3. The SMILES string of the molecule is COc1cccc2c3c(=O)n(Cc4ccccc4OC(F)(F)F)ccc3n(CCN3CCOCC3)c12. The highest BCUT2D eigenvalue weighted by atomic mass is 19.4. The Hall–Kier alpha value is -3.50. The van der Waals surface area contributed by atoms with Gasteiger partial charge in [-0.3, -0.25) is 9.69 Å². The quantitative estimate of drug-likeness (QED) is 0.379. The maximum atomic E-state index is 13.7. The molecule has 10 heteroatoms. The molecule has 1 aliphatic heterocycles. The van der Waals surface area contributed by atoms with Gasteiger partial charge in [-0.15, -0.1) is 13.2 Å². The van der Waals surface area contributed by atoms with Crippen molar-refractivity contribution in [2.45, 2.75) is 19.5 Å². The van der Waals surface area contributed by atoms with Crippen molar-refractivity contribution >= 4 is 21.8 Å². The highest BCUT2D eigenvalue weighted by Gasteiger charge is 2.32. The van der Waals surface area contributed by atoms with E-state index in [0.717, 1.165) is 36.1 Å². The monoisotopic (exact) mass is 501 g/mol. The van der Waals surface area contributed by atoms with E-state index in [1.807, 2.05) is 24.3 Å². The summed E-state index contributed by atoms with van der Waals surface area (Å²) in [4.78, 5) is 16.0. The third-order valence-electron chi connectivity index (χ3n) is 6.47. The second-order valence-electron chi connectivity index (χ2n) is 8.63. The average Bonchev–Trinajstić information content (AvgIpc) is 3.19. The normalized spacial score (nSPS) is 15.0. The molecule has 0 spiro atoms. The van der Waals surface area contributed by atoms with E-state index in [2.05, 4.69) is 14.2 Å². The van der Waals surface area contributed by atoms with E-state index in [9.17, 15) is 18.0 Å². The number of morpholine rings is 1. The molecule has 1 saturated heterocycles. The molecule has 7 nitrogen and oxygen atoms in total. The molecule has 0 saturated carbocycles. The minimum absolute atomic E-state index is 0.0640. The van der Waals surface area contributed by atoms with Gasteiger partial charge in [0.05, 0.1) is 43.3 Å². The number of rotatable bonds is 7. The van der Waals surface area contributed by atoms with Crippen LogP contribution in [0.3, 0.4) is 0 Å². The molecule has 0 radical (unpaired) electrons. The highest BCUT2D eigenvalue weighted by Crippen LogP contribution is 2.33. The molecule has 0 aliphatic carbocycles. The number of hydrogen-bond donors (Lipinski definition) is 0. The Morgan fingerprint density at radius 2 is 1.72 bits per heavy atom. The van der Waals surface area contributed by atoms with E-state index in [0.29, 0.717) is 30.9 Å². The van der Waals surface area contributed by atoms with Crippen LogP contribution in [0.5, 0.6) is 11.5 Å². The topological polar surface area (TPSA) is 57.9 Å². The minimum Gasteiger partial charge on any atom is -0.495 e. The van der Waals surface area contributed by atoms with Gasteiger partial charge in [0.2, 0.25) is 0 Å². The number of halogens is 3. The van der Waals surface area contributed by atoms with E-state index in [1.54, 1.807) is 19.4 Å². The van der Waals surface area contributed by atoms with Crippen LogP contribution in [0.1, 0.15) is 5.56 Å². The molecule has 0 N–H and O–H groups in total. The summed E-state index contributed by atoms with van der Waals surface area (Å²) < 4.78 is 57.4. The van der Waals surface area contributed by atoms with Crippen LogP contribution in [-0.2, 0) is 17.8 Å². The van der Waals surface area contributed by atoms with E-state index < -0.39 is 6.36 Å². The van der Waals surface area contributed by atoms with Crippen molar-refractivity contribution in [3.05, 3.63) is 70.6 Å². The number of pyridine rings is 1. The van der Waals surface area contributed by atoms with E-state index in [-0.39, 0.29) is 23.4 Å². The number of para-hydroxylation sites is 2. The standard InChI is InChI=1S/C26H26F3N3O4/c1-34-22-8-4-6-19-23-20(32(24(19)22)12-11-30-13-15-35-16-14-30)9-10-31(25(23)33)17-18-5-2-3-7-21(18)36-26(27,28)29/h2-10H,11-17H2,1H3. The first-order valence-corrected chi connectivity index (χ1v) is 11.7. The Labute approximate surface area is 205 Å². The molecule has 5 rings (SSSR count). The lowest BCUT2D eigenvalue weighted by Crippen LogP contribution is -2.38. The molecule has 1 aliphatic rings. The summed E-state index contributed by atoms with van der Waals surface area (Å²) in [5.41, 5.74) is 1.53. The largest absolute Gasteiger partial charge is 0.573 e. The summed E-state index contributed by atoms with van der Waals surface area (Å²) in [6.45, 7) is 4.45. The van der Waals surface area contributed by atoms with E-state index in [1.165, 1.54) is 22.8 Å². The van der Waals surface area contributed by atoms with Gasteiger partial charge in [0.15, 0.2) is 0 Å². The predicted octanol–water partition coefficient (Wildman–Crippen LogP) is 4.24. The van der Waals surface area contributed by atoms with Crippen LogP contribution in [-0.4, -0.2) is 60.4 Å². The maximum absolute atomic E-state index is 13.7. The van der Waals surface area contributed by atoms with Gasteiger partial charge < -0.3 is 23.3 Å². The number of fused-ring (bicyclic) bond motifs is 3. The first-order chi connectivity index (χ1) is 17.4. The van der Waals surface area contributed by atoms with Crippen LogP contribution in [0.4, 0.5) is 13.2 Å². The summed E-state index contributed by atoms with van der Waals surface area (Å²) in [5, 5.41) is 1.24. The molecular formula is C26H26F3N3O4. The van der Waals surface area contributed by atoms with Crippen molar-refractivity contribution in [2.24, 2.45) is 0 Å². The molecule has 0 bridgehead atoms. The first-order valence-electron chi connectivity index (χ1n) is 11.7. The van der Waals surface area contributed by atoms with Crippen molar-refractivity contribution in [3.8, 4) is 11.5 Å². The molecule has 2 aromatic carbocycles. The van der Waals surface area contributed by atoms with Crippen LogP contribution >= 0.6 is 0 Å². The van der Waals surface area contributed by atoms with E-state index >= 15 is 0 Å². The summed E-state index contributed by atoms with van der Waals surface area (Å²) in [5.74, 6) is 0.326. The molecule has 2 aromatic heterocycles. The van der Waals surface area contributed by atoms with Gasteiger partial charge in [-0.2, -0.15) is 0 Å². The molecule has 190 valence electrons. The molecular weight excluding hydrogens is 475 g/mol. The third kappa shape index (κ3) is 4.78. The minimum atomic E-state index is -4.82. The summed E-state index contributed by atoms with van der Waals surface area (Å²) >= 11 is 0. The zero-order valence-electron chi connectivity index (χ0n) is 19.8. The fourth-order valence-electron chi connectivity index (χ4n) is 4.80. The van der Waals surface area contributed by atoms with Crippen LogP contribution in [0.15, 0.2) is 59.5 Å². The van der Waals surface area contributed by atoms with Gasteiger partial charge in [0.1, 0.15) is 11.5 Å². The van der Waals surface area contributed by atoms with Gasteiger partial charge in [-0.05, 0) is 18.2 Å². The molecule has 3 heterocycles. The van der Waals surface area contributed by atoms with Gasteiger partial charge in [0, 0.05) is 43.3 Å². The molecule has 4 aromatic rings. The number of ether oxygens (including phenoxy) is 3. The van der Waals surface area contributed by atoms with Crippen LogP contribution < -0.4 is 15.0 Å². The summed E-state index contributed by atoms with van der Waals surface area (Å²) in [6, 6.07) is 13.2. The van der Waals surface area contributed by atoms with Crippen molar-refractivity contribution in [1.82, 2.24) is 14.0 Å². The molecule has 1 fully saturated rings. The van der Waals surface area contributed by atoms with Gasteiger partial charge >= 0.3 is 6.36 Å². The van der Waals surface area contributed by atoms with Crippen molar-refractivity contribution in [3.63, 3.8) is 0 Å². The fraction of sp³-hybridized carbons (Fsp3) is 0.346. The second kappa shape index (κ2) is 9.87. The average molecular weight is 502 g/mol. The number of methoxy groups -OCH3 is 1. The Balaban J connectivity index is 1.58. The van der Waals surface area contributed by atoms with Crippen molar-refractivity contribution < 1.29 is 27.4 Å². The molecule has 0 amide bonds.